The van der Waals surface area contributed by atoms with Gasteiger partial charge < -0.3 is 20.6 Å². The number of likely N-dealkylation sites (tertiary alicyclic amines) is 1. The summed E-state index contributed by atoms with van der Waals surface area (Å²) in [6.07, 6.45) is 0.145. The molecule has 0 bridgehead atoms. The maximum Gasteiger partial charge on any atom is 0.246 e. The van der Waals surface area contributed by atoms with Gasteiger partial charge in [0.05, 0.1) is 28.2 Å². The zero-order valence-corrected chi connectivity index (χ0v) is 28.0. The lowest BCUT2D eigenvalue weighted by molar-refractivity contribution is -0.145. The van der Waals surface area contributed by atoms with Gasteiger partial charge in [0, 0.05) is 18.4 Å². The van der Waals surface area contributed by atoms with Crippen LogP contribution in [0.3, 0.4) is 0 Å². The summed E-state index contributed by atoms with van der Waals surface area (Å²) in [6.45, 7) is 21.6. The zero-order valence-electron chi connectivity index (χ0n) is 27.2. The van der Waals surface area contributed by atoms with Crippen molar-refractivity contribution in [2.24, 2.45) is 16.2 Å². The van der Waals surface area contributed by atoms with Gasteiger partial charge in [0.2, 0.25) is 17.7 Å². The van der Waals surface area contributed by atoms with Gasteiger partial charge in [0.15, 0.2) is 0 Å². The minimum atomic E-state index is -0.844. The molecule has 42 heavy (non-hydrogen) atoms. The predicted molar refractivity (Wildman–Crippen MR) is 169 cm³/mol. The van der Waals surface area contributed by atoms with Crippen molar-refractivity contribution in [2.75, 3.05) is 6.54 Å². The second-order valence-electron chi connectivity index (χ2n) is 15.1. The molecule has 0 aliphatic carbocycles. The maximum atomic E-state index is 13.9. The highest BCUT2D eigenvalue weighted by atomic mass is 32.1. The lowest BCUT2D eigenvalue weighted by atomic mass is 9.84. The van der Waals surface area contributed by atoms with E-state index in [0.717, 1.165) is 33.7 Å². The summed E-state index contributed by atoms with van der Waals surface area (Å²) in [5.74, 6) is -0.915. The number of hydrogen-bond donors (Lipinski definition) is 3. The van der Waals surface area contributed by atoms with Gasteiger partial charge in [-0.05, 0) is 53.9 Å². The largest absolute Gasteiger partial charge is 0.391 e. The summed E-state index contributed by atoms with van der Waals surface area (Å²) in [6, 6.07) is 4.35. The topological polar surface area (TPSA) is 112 Å². The van der Waals surface area contributed by atoms with Crippen molar-refractivity contribution < 1.29 is 19.5 Å². The molecule has 1 fully saturated rings. The second kappa shape index (κ2) is 12.4. The van der Waals surface area contributed by atoms with Crippen LogP contribution in [-0.4, -0.2) is 57.4 Å². The van der Waals surface area contributed by atoms with Gasteiger partial charge in [-0.3, -0.25) is 14.4 Å². The standard InChI is InChI=1S/C33H50N4O4S/c1-19(24-13-12-21(26-20(2)34-18-42-26)14-22(24)16-31(3,4)5)35-28(39)25-15-23(38)17-37(25)29(40)27(32(6,7)8)36-30(41)33(9,10)11/h12-14,18-19,23,25,27,38H,15-17H2,1-11H3,(H,35,39)(H,36,41)/t19-,23+,25-,27+/m0/s1. The molecular formula is C33H50N4O4S. The number of β-amino-alcohol motifs (C(OH)–C–C–N with tert-alkyl or cyclic N) is 1. The molecule has 9 heteroatoms. The fraction of sp³-hybridized carbons (Fsp3) is 0.636. The molecule has 1 aromatic heterocycles. The van der Waals surface area contributed by atoms with E-state index < -0.39 is 29.0 Å². The van der Waals surface area contributed by atoms with Gasteiger partial charge in [-0.15, -0.1) is 11.3 Å². The molecule has 1 aliphatic rings. The van der Waals surface area contributed by atoms with Gasteiger partial charge >= 0.3 is 0 Å². The fourth-order valence-electron chi connectivity index (χ4n) is 5.33. The Morgan fingerprint density at radius 2 is 1.71 bits per heavy atom. The summed E-state index contributed by atoms with van der Waals surface area (Å²) < 4.78 is 0. The van der Waals surface area contributed by atoms with Crippen molar-refractivity contribution in [3.8, 4) is 10.4 Å². The third-order valence-electron chi connectivity index (χ3n) is 7.63. The molecule has 1 aliphatic heterocycles. The third kappa shape index (κ3) is 8.19. The highest BCUT2D eigenvalue weighted by Crippen LogP contribution is 2.34. The number of benzene rings is 1. The number of aromatic nitrogens is 1. The molecule has 0 radical (unpaired) electrons. The number of nitrogens with zero attached hydrogens (tertiary/aromatic N) is 2. The molecule has 8 nitrogen and oxygen atoms in total. The number of carbonyl (C=O) groups is 3. The molecule has 232 valence electrons. The van der Waals surface area contributed by atoms with Gasteiger partial charge in [0.25, 0.3) is 0 Å². The van der Waals surface area contributed by atoms with Gasteiger partial charge in [-0.25, -0.2) is 4.98 Å². The lowest BCUT2D eigenvalue weighted by Crippen LogP contribution is -2.59. The second-order valence-corrected chi connectivity index (χ2v) is 15.9. The van der Waals surface area contributed by atoms with E-state index in [1.54, 1.807) is 32.1 Å². The normalized spacial score (nSPS) is 19.4. The molecular weight excluding hydrogens is 548 g/mol. The first kappa shape index (κ1) is 33.7. The van der Waals surface area contributed by atoms with Crippen LogP contribution in [0.5, 0.6) is 0 Å². The molecule has 2 heterocycles. The first-order chi connectivity index (χ1) is 19.2. The Bertz CT molecular complexity index is 1300. The number of aliphatic hydroxyl groups excluding tert-OH is 1. The van der Waals surface area contributed by atoms with Crippen molar-refractivity contribution in [3.63, 3.8) is 0 Å². The van der Waals surface area contributed by atoms with Crippen molar-refractivity contribution in [1.29, 1.82) is 0 Å². The van der Waals surface area contributed by atoms with Crippen molar-refractivity contribution in [1.82, 2.24) is 20.5 Å². The van der Waals surface area contributed by atoms with Crippen LogP contribution in [0.1, 0.15) is 98.5 Å². The highest BCUT2D eigenvalue weighted by molar-refractivity contribution is 7.13. The van der Waals surface area contributed by atoms with E-state index >= 15 is 0 Å². The molecule has 0 unspecified atom stereocenters. The summed E-state index contributed by atoms with van der Waals surface area (Å²) in [7, 11) is 0. The van der Waals surface area contributed by atoms with Crippen LogP contribution in [0.4, 0.5) is 0 Å². The smallest absolute Gasteiger partial charge is 0.246 e. The molecule has 4 atom stereocenters. The van der Waals surface area contributed by atoms with E-state index in [1.165, 1.54) is 4.90 Å². The first-order valence-corrected chi connectivity index (χ1v) is 15.7. The number of carbonyl (C=O) groups excluding carboxylic acids is 3. The van der Waals surface area contributed by atoms with Gasteiger partial charge in [-0.1, -0.05) is 74.4 Å². The molecule has 1 aromatic carbocycles. The summed E-state index contributed by atoms with van der Waals surface area (Å²) >= 11 is 1.61. The summed E-state index contributed by atoms with van der Waals surface area (Å²) in [5, 5.41) is 16.6. The Labute approximate surface area is 255 Å². The van der Waals surface area contributed by atoms with E-state index in [1.807, 2.05) is 40.1 Å². The Balaban J connectivity index is 1.87. The molecule has 3 amide bonds. The quantitative estimate of drug-likeness (QED) is 0.394. The predicted octanol–water partition coefficient (Wildman–Crippen LogP) is 5.42. The minimum Gasteiger partial charge on any atom is -0.391 e. The third-order valence-corrected chi connectivity index (χ3v) is 8.61. The van der Waals surface area contributed by atoms with Crippen molar-refractivity contribution >= 4 is 29.1 Å². The number of aliphatic hydroxyl groups is 1. The summed E-state index contributed by atoms with van der Waals surface area (Å²) in [4.78, 5) is 47.4. The molecule has 3 N–H and O–H groups in total. The van der Waals surface area contributed by atoms with E-state index in [0.29, 0.717) is 0 Å². The average Bonchev–Trinajstić information content (AvgIpc) is 3.44. The van der Waals surface area contributed by atoms with Crippen LogP contribution < -0.4 is 10.6 Å². The van der Waals surface area contributed by atoms with Crippen molar-refractivity contribution in [3.05, 3.63) is 40.5 Å². The Kier molecular flexibility index (Phi) is 9.99. The monoisotopic (exact) mass is 598 g/mol. The molecule has 1 saturated heterocycles. The van der Waals surface area contributed by atoms with Crippen LogP contribution in [0.15, 0.2) is 23.7 Å². The minimum absolute atomic E-state index is 0.0259. The Hall–Kier alpha value is -2.78. The van der Waals surface area contributed by atoms with E-state index in [9.17, 15) is 19.5 Å². The fourth-order valence-corrected chi connectivity index (χ4v) is 6.13. The Morgan fingerprint density at radius 1 is 1.07 bits per heavy atom. The van der Waals surface area contributed by atoms with Crippen LogP contribution in [-0.2, 0) is 20.8 Å². The molecule has 0 saturated carbocycles. The molecule has 2 aromatic rings. The molecule has 0 spiro atoms. The van der Waals surface area contributed by atoms with Crippen LogP contribution >= 0.6 is 11.3 Å². The van der Waals surface area contributed by atoms with Crippen LogP contribution in [0, 0.1) is 23.2 Å². The number of amides is 3. The van der Waals surface area contributed by atoms with Gasteiger partial charge in [-0.2, -0.15) is 0 Å². The number of rotatable bonds is 7. The van der Waals surface area contributed by atoms with Crippen LogP contribution in [0.2, 0.25) is 0 Å². The average molecular weight is 599 g/mol. The molecule has 3 rings (SSSR count). The van der Waals surface area contributed by atoms with E-state index in [4.69, 9.17) is 0 Å². The Morgan fingerprint density at radius 3 is 2.24 bits per heavy atom. The zero-order chi connectivity index (χ0) is 31.8. The number of thiazole rings is 1. The van der Waals surface area contributed by atoms with Gasteiger partial charge in [0.1, 0.15) is 12.1 Å². The maximum absolute atomic E-state index is 13.9. The highest BCUT2D eigenvalue weighted by Gasteiger charge is 2.45. The summed E-state index contributed by atoms with van der Waals surface area (Å²) in [5.41, 5.74) is 4.87. The lowest BCUT2D eigenvalue weighted by Gasteiger charge is -2.37. The first-order valence-electron chi connectivity index (χ1n) is 14.8. The van der Waals surface area contributed by atoms with Crippen LogP contribution in [0.25, 0.3) is 10.4 Å². The van der Waals surface area contributed by atoms with E-state index in [-0.39, 0.29) is 42.1 Å². The number of aryl methyl sites for hydroxylation is 1. The number of nitrogens with one attached hydrogen (secondary N) is 2. The number of hydrogen-bond acceptors (Lipinski definition) is 6. The van der Waals surface area contributed by atoms with E-state index in [2.05, 4.69) is 54.6 Å². The SMILES string of the molecule is Cc1ncsc1-c1ccc([C@H](C)NC(=O)[C@@H]2C[C@@H](O)CN2C(=O)[C@@H](NC(=O)C(C)(C)C)C(C)(C)C)c(CC(C)(C)C)c1. The van der Waals surface area contributed by atoms with Crippen molar-refractivity contribution in [2.45, 2.75) is 113 Å².